The Balaban J connectivity index is 1.72. The van der Waals surface area contributed by atoms with Gasteiger partial charge in [0.2, 0.25) is 0 Å². The molecule has 0 radical (unpaired) electrons. The van der Waals surface area contributed by atoms with Crippen LogP contribution in [0.3, 0.4) is 0 Å². The summed E-state index contributed by atoms with van der Waals surface area (Å²) >= 11 is 0. The van der Waals surface area contributed by atoms with Crippen LogP contribution in [0.15, 0.2) is 34.4 Å². The highest BCUT2D eigenvalue weighted by molar-refractivity contribution is 5.55. The topological polar surface area (TPSA) is 0 Å². The van der Waals surface area contributed by atoms with Gasteiger partial charge in [0.1, 0.15) is 0 Å². The van der Waals surface area contributed by atoms with E-state index < -0.39 is 0 Å². The van der Waals surface area contributed by atoms with Gasteiger partial charge in [0, 0.05) is 0 Å². The first-order valence-corrected chi connectivity index (χ1v) is 9.07. The van der Waals surface area contributed by atoms with Crippen molar-refractivity contribution in [3.05, 3.63) is 34.4 Å². The molecule has 0 saturated heterocycles. The first-order chi connectivity index (χ1) is 9.93. The third-order valence-electron chi connectivity index (χ3n) is 6.97. The minimum absolute atomic E-state index is 0.921. The van der Waals surface area contributed by atoms with Crippen LogP contribution in [-0.4, -0.2) is 0 Å². The Kier molecular flexibility index (Phi) is 2.58. The van der Waals surface area contributed by atoms with Gasteiger partial charge in [-0.05, 0) is 86.2 Å². The standard InChI is InChI=1S/C20H26/c1-5-13-6-2-11-17-18-12-4-8-14-7-3-10-16(20(14)18)15(9-1)19(13)17/h1,9,13-14,17-18H,2-8,10-12H2. The molecule has 0 aliphatic heterocycles. The fourth-order valence-corrected chi connectivity index (χ4v) is 6.35. The van der Waals surface area contributed by atoms with Crippen molar-refractivity contribution in [3.63, 3.8) is 0 Å². The second-order valence-electron chi connectivity index (χ2n) is 7.80. The van der Waals surface area contributed by atoms with E-state index in [4.69, 9.17) is 0 Å². The molecule has 4 unspecified atom stereocenters. The van der Waals surface area contributed by atoms with Gasteiger partial charge in [-0.1, -0.05) is 36.1 Å². The first kappa shape index (κ1) is 11.8. The lowest BCUT2D eigenvalue weighted by atomic mass is 9.54. The van der Waals surface area contributed by atoms with Crippen LogP contribution in [0.2, 0.25) is 0 Å². The molecule has 0 aromatic carbocycles. The minimum Gasteiger partial charge on any atom is -0.0833 e. The Morgan fingerprint density at radius 2 is 1.50 bits per heavy atom. The van der Waals surface area contributed by atoms with Crippen LogP contribution in [-0.2, 0) is 0 Å². The van der Waals surface area contributed by atoms with Crippen molar-refractivity contribution in [2.75, 3.05) is 0 Å². The summed E-state index contributed by atoms with van der Waals surface area (Å²) in [6.45, 7) is 0. The molecule has 20 heavy (non-hydrogen) atoms. The van der Waals surface area contributed by atoms with Crippen LogP contribution in [0.5, 0.6) is 0 Å². The molecular formula is C20H26. The normalized spacial score (nSPS) is 42.4. The summed E-state index contributed by atoms with van der Waals surface area (Å²) in [5.41, 5.74) is 7.51. The van der Waals surface area contributed by atoms with Crippen molar-refractivity contribution in [2.24, 2.45) is 23.7 Å². The molecule has 0 heterocycles. The highest BCUT2D eigenvalue weighted by atomic mass is 14.5. The van der Waals surface area contributed by atoms with Crippen LogP contribution < -0.4 is 0 Å². The molecule has 0 nitrogen and oxygen atoms in total. The Hall–Kier alpha value is -0.780. The average Bonchev–Trinajstić information content (AvgIpc) is 2.52. The maximum atomic E-state index is 2.53. The zero-order chi connectivity index (χ0) is 13.1. The van der Waals surface area contributed by atoms with E-state index in [1.807, 2.05) is 16.7 Å². The van der Waals surface area contributed by atoms with Crippen molar-refractivity contribution in [1.82, 2.24) is 0 Å². The van der Waals surface area contributed by atoms with Gasteiger partial charge < -0.3 is 0 Å². The van der Waals surface area contributed by atoms with Gasteiger partial charge in [-0.3, -0.25) is 0 Å². The summed E-state index contributed by atoms with van der Waals surface area (Å²) in [4.78, 5) is 0. The molecular weight excluding hydrogens is 240 g/mol. The summed E-state index contributed by atoms with van der Waals surface area (Å²) in [6.07, 6.45) is 19.7. The van der Waals surface area contributed by atoms with Crippen LogP contribution in [0, 0.1) is 23.7 Å². The first-order valence-electron chi connectivity index (χ1n) is 9.07. The molecule has 5 aliphatic carbocycles. The summed E-state index contributed by atoms with van der Waals surface area (Å²) in [7, 11) is 0. The Morgan fingerprint density at radius 3 is 2.40 bits per heavy atom. The van der Waals surface area contributed by atoms with E-state index in [1.165, 1.54) is 64.2 Å². The lowest BCUT2D eigenvalue weighted by Gasteiger charge is -2.50. The van der Waals surface area contributed by atoms with Gasteiger partial charge in [-0.25, -0.2) is 0 Å². The predicted molar refractivity (Wildman–Crippen MR) is 83.3 cm³/mol. The molecule has 5 aliphatic rings. The third-order valence-corrected chi connectivity index (χ3v) is 6.97. The number of allylic oxidation sites excluding steroid dienone is 6. The van der Waals surface area contributed by atoms with Crippen LogP contribution >= 0.6 is 0 Å². The SMILES string of the molecule is C1=CC2=C3C(C1)CCCC3C1CCCC3CCCC2=C31. The second-order valence-corrected chi connectivity index (χ2v) is 7.80. The molecule has 0 heteroatoms. The summed E-state index contributed by atoms with van der Waals surface area (Å²) < 4.78 is 0. The predicted octanol–water partition coefficient (Wildman–Crippen LogP) is 5.57. The maximum absolute atomic E-state index is 2.53. The summed E-state index contributed by atoms with van der Waals surface area (Å²) in [5, 5.41) is 0. The van der Waals surface area contributed by atoms with E-state index in [9.17, 15) is 0 Å². The van der Waals surface area contributed by atoms with Gasteiger partial charge in [0.25, 0.3) is 0 Å². The van der Waals surface area contributed by atoms with E-state index in [1.54, 1.807) is 5.57 Å². The van der Waals surface area contributed by atoms with Crippen LogP contribution in [0.1, 0.15) is 64.2 Å². The molecule has 5 rings (SSSR count). The lowest BCUT2D eigenvalue weighted by molar-refractivity contribution is 0.220. The Labute approximate surface area is 123 Å². The number of hydrogen-bond donors (Lipinski definition) is 0. The van der Waals surface area contributed by atoms with Crippen molar-refractivity contribution < 1.29 is 0 Å². The number of rotatable bonds is 0. The minimum atomic E-state index is 0.921. The maximum Gasteiger partial charge on any atom is -0.0125 e. The Bertz CT molecular complexity index is 530. The molecule has 0 spiro atoms. The molecule has 0 amide bonds. The molecule has 0 N–H and O–H groups in total. The zero-order valence-electron chi connectivity index (χ0n) is 12.5. The van der Waals surface area contributed by atoms with Crippen LogP contribution in [0.4, 0.5) is 0 Å². The van der Waals surface area contributed by atoms with Gasteiger partial charge in [0.05, 0.1) is 0 Å². The van der Waals surface area contributed by atoms with E-state index >= 15 is 0 Å². The molecule has 0 aromatic rings. The monoisotopic (exact) mass is 266 g/mol. The van der Waals surface area contributed by atoms with Crippen molar-refractivity contribution in [3.8, 4) is 0 Å². The van der Waals surface area contributed by atoms with Crippen LogP contribution in [0.25, 0.3) is 0 Å². The van der Waals surface area contributed by atoms with E-state index in [-0.39, 0.29) is 0 Å². The van der Waals surface area contributed by atoms with E-state index in [0.717, 1.165) is 23.7 Å². The fourth-order valence-electron chi connectivity index (χ4n) is 6.35. The largest absolute Gasteiger partial charge is 0.0833 e. The zero-order valence-corrected chi connectivity index (χ0v) is 12.5. The lowest BCUT2D eigenvalue weighted by Crippen LogP contribution is -2.38. The highest BCUT2D eigenvalue weighted by Gasteiger charge is 2.45. The Morgan fingerprint density at radius 1 is 0.750 bits per heavy atom. The van der Waals surface area contributed by atoms with Gasteiger partial charge >= 0.3 is 0 Å². The number of hydrogen-bond acceptors (Lipinski definition) is 0. The average molecular weight is 266 g/mol. The van der Waals surface area contributed by atoms with Gasteiger partial charge in [-0.15, -0.1) is 0 Å². The molecule has 106 valence electrons. The van der Waals surface area contributed by atoms with E-state index in [2.05, 4.69) is 12.2 Å². The van der Waals surface area contributed by atoms with Crippen molar-refractivity contribution >= 4 is 0 Å². The molecule has 0 bridgehead atoms. The second kappa shape index (κ2) is 4.36. The quantitative estimate of drug-likeness (QED) is 0.537. The molecule has 2 saturated carbocycles. The molecule has 2 fully saturated rings. The van der Waals surface area contributed by atoms with Crippen molar-refractivity contribution in [2.45, 2.75) is 64.2 Å². The smallest absolute Gasteiger partial charge is 0.0125 e. The molecule has 0 aromatic heterocycles. The fraction of sp³-hybridized carbons (Fsp3) is 0.700. The van der Waals surface area contributed by atoms with Gasteiger partial charge in [-0.2, -0.15) is 0 Å². The number of fused-ring (bicyclic) bond motifs is 2. The summed E-state index contributed by atoms with van der Waals surface area (Å²) in [6, 6.07) is 0. The third kappa shape index (κ3) is 1.49. The van der Waals surface area contributed by atoms with Crippen molar-refractivity contribution in [1.29, 1.82) is 0 Å². The van der Waals surface area contributed by atoms with Gasteiger partial charge in [0.15, 0.2) is 0 Å². The molecule has 4 atom stereocenters. The van der Waals surface area contributed by atoms with E-state index in [0.29, 0.717) is 0 Å². The summed E-state index contributed by atoms with van der Waals surface area (Å²) in [5.74, 6) is 3.82. The highest BCUT2D eigenvalue weighted by Crippen LogP contribution is 2.58.